The molecule has 1 aliphatic carbocycles. The van der Waals surface area contributed by atoms with Gasteiger partial charge >= 0.3 is 0 Å². The molecule has 0 saturated heterocycles. The maximum Gasteiger partial charge on any atom is 0.165 e. The Hall–Kier alpha value is -0.930. The predicted octanol–water partition coefficient (Wildman–Crippen LogP) is 3.53. The number of hydrogen-bond donors (Lipinski definition) is 1. The SMILES string of the molecule is O=C(Cc1ccc(F)cc1Cl)C(O)C1CCCCC1. The van der Waals surface area contributed by atoms with Crippen molar-refractivity contribution in [2.24, 2.45) is 5.92 Å². The predicted molar refractivity (Wildman–Crippen MR) is 72.7 cm³/mol. The Labute approximate surface area is 117 Å². The maximum absolute atomic E-state index is 12.9. The maximum atomic E-state index is 12.9. The van der Waals surface area contributed by atoms with Gasteiger partial charge in [-0.1, -0.05) is 36.9 Å². The molecular formula is C15H18ClFO2. The van der Waals surface area contributed by atoms with Gasteiger partial charge in [0, 0.05) is 11.4 Å². The number of ketones is 1. The molecule has 0 radical (unpaired) electrons. The molecule has 2 rings (SSSR count). The summed E-state index contributed by atoms with van der Waals surface area (Å²) in [5, 5.41) is 10.3. The summed E-state index contributed by atoms with van der Waals surface area (Å²) in [4.78, 5) is 12.0. The van der Waals surface area contributed by atoms with E-state index in [1.807, 2.05) is 0 Å². The summed E-state index contributed by atoms with van der Waals surface area (Å²) < 4.78 is 12.9. The summed E-state index contributed by atoms with van der Waals surface area (Å²) in [6, 6.07) is 3.97. The third-order valence-electron chi connectivity index (χ3n) is 3.81. The second-order valence-corrected chi connectivity index (χ2v) is 5.63. The lowest BCUT2D eigenvalue weighted by atomic mass is 9.83. The average molecular weight is 285 g/mol. The van der Waals surface area contributed by atoms with E-state index in [1.54, 1.807) is 0 Å². The van der Waals surface area contributed by atoms with Crippen molar-refractivity contribution >= 4 is 17.4 Å². The molecule has 2 nitrogen and oxygen atoms in total. The molecule has 1 atom stereocenters. The van der Waals surface area contributed by atoms with Gasteiger partial charge in [-0.15, -0.1) is 0 Å². The van der Waals surface area contributed by atoms with Gasteiger partial charge in [-0.05, 0) is 36.5 Å². The smallest absolute Gasteiger partial charge is 0.165 e. The molecular weight excluding hydrogens is 267 g/mol. The number of rotatable bonds is 4. The van der Waals surface area contributed by atoms with Crippen LogP contribution in [0.1, 0.15) is 37.7 Å². The van der Waals surface area contributed by atoms with Crippen molar-refractivity contribution in [3.05, 3.63) is 34.6 Å². The quantitative estimate of drug-likeness (QED) is 0.918. The van der Waals surface area contributed by atoms with Crippen molar-refractivity contribution in [3.63, 3.8) is 0 Å². The number of Topliss-reactive ketones (excluding diaryl/α,β-unsaturated/α-hetero) is 1. The van der Waals surface area contributed by atoms with Crippen LogP contribution in [0.5, 0.6) is 0 Å². The van der Waals surface area contributed by atoms with E-state index < -0.39 is 11.9 Å². The minimum atomic E-state index is -0.915. The highest BCUT2D eigenvalue weighted by Crippen LogP contribution is 2.28. The summed E-state index contributed by atoms with van der Waals surface area (Å²) in [5.74, 6) is -0.574. The highest BCUT2D eigenvalue weighted by Gasteiger charge is 2.27. The van der Waals surface area contributed by atoms with Gasteiger partial charge in [0.25, 0.3) is 0 Å². The van der Waals surface area contributed by atoms with Gasteiger partial charge in [0.15, 0.2) is 5.78 Å². The number of aliphatic hydroxyl groups is 1. The Morgan fingerprint density at radius 3 is 2.68 bits per heavy atom. The Morgan fingerprint density at radius 2 is 2.05 bits per heavy atom. The van der Waals surface area contributed by atoms with Crippen molar-refractivity contribution in [3.8, 4) is 0 Å². The standard InChI is InChI=1S/C15H18ClFO2/c16-13-9-12(17)7-6-11(13)8-14(18)15(19)10-4-2-1-3-5-10/h6-7,9-10,15,19H,1-5,8H2. The molecule has 4 heteroatoms. The van der Waals surface area contributed by atoms with Crippen molar-refractivity contribution in [2.75, 3.05) is 0 Å². The van der Waals surface area contributed by atoms with Gasteiger partial charge in [-0.25, -0.2) is 4.39 Å². The van der Waals surface area contributed by atoms with E-state index in [2.05, 4.69) is 0 Å². The van der Waals surface area contributed by atoms with E-state index in [0.717, 1.165) is 25.7 Å². The molecule has 0 bridgehead atoms. The zero-order valence-corrected chi connectivity index (χ0v) is 11.5. The van der Waals surface area contributed by atoms with Crippen LogP contribution in [0.15, 0.2) is 18.2 Å². The number of carbonyl (C=O) groups excluding carboxylic acids is 1. The zero-order valence-electron chi connectivity index (χ0n) is 10.7. The highest BCUT2D eigenvalue weighted by atomic mass is 35.5. The largest absolute Gasteiger partial charge is 0.385 e. The fourth-order valence-electron chi connectivity index (χ4n) is 2.67. The van der Waals surface area contributed by atoms with Crippen molar-refractivity contribution < 1.29 is 14.3 Å². The zero-order chi connectivity index (χ0) is 13.8. The first kappa shape index (κ1) is 14.5. The van der Waals surface area contributed by atoms with Crippen LogP contribution in [-0.2, 0) is 11.2 Å². The van der Waals surface area contributed by atoms with Gasteiger partial charge in [0.05, 0.1) is 0 Å². The molecule has 1 saturated carbocycles. The van der Waals surface area contributed by atoms with Gasteiger partial charge in [0.2, 0.25) is 0 Å². The lowest BCUT2D eigenvalue weighted by molar-refractivity contribution is -0.129. The molecule has 19 heavy (non-hydrogen) atoms. The van der Waals surface area contributed by atoms with Gasteiger partial charge in [-0.3, -0.25) is 4.79 Å². The third-order valence-corrected chi connectivity index (χ3v) is 4.16. The van der Waals surface area contributed by atoms with Crippen LogP contribution >= 0.6 is 11.6 Å². The Kier molecular flexibility index (Phi) is 4.94. The van der Waals surface area contributed by atoms with Crippen molar-refractivity contribution in [1.29, 1.82) is 0 Å². The summed E-state index contributed by atoms with van der Waals surface area (Å²) >= 11 is 5.89. The third kappa shape index (κ3) is 3.77. The molecule has 0 spiro atoms. The lowest BCUT2D eigenvalue weighted by Crippen LogP contribution is -2.32. The van der Waals surface area contributed by atoms with E-state index >= 15 is 0 Å². The Morgan fingerprint density at radius 1 is 1.37 bits per heavy atom. The molecule has 0 aliphatic heterocycles. The first-order chi connectivity index (χ1) is 9.08. The second-order valence-electron chi connectivity index (χ2n) is 5.22. The molecule has 1 aromatic rings. The van der Waals surface area contributed by atoms with Crippen LogP contribution < -0.4 is 0 Å². The first-order valence-electron chi connectivity index (χ1n) is 6.72. The Bertz CT molecular complexity index is 455. The first-order valence-corrected chi connectivity index (χ1v) is 7.10. The molecule has 0 heterocycles. The number of benzene rings is 1. The molecule has 0 aromatic heterocycles. The molecule has 104 valence electrons. The van der Waals surface area contributed by atoms with Crippen molar-refractivity contribution in [1.82, 2.24) is 0 Å². The Balaban J connectivity index is 1.99. The van der Waals surface area contributed by atoms with Gasteiger partial charge < -0.3 is 5.11 Å². The van der Waals surface area contributed by atoms with E-state index in [-0.39, 0.29) is 23.1 Å². The summed E-state index contributed by atoms with van der Waals surface area (Å²) in [7, 11) is 0. The summed E-state index contributed by atoms with van der Waals surface area (Å²) in [6.07, 6.45) is 4.30. The fraction of sp³-hybridized carbons (Fsp3) is 0.533. The molecule has 1 unspecified atom stereocenters. The van der Waals surface area contributed by atoms with E-state index in [0.29, 0.717) is 5.56 Å². The van der Waals surface area contributed by atoms with Crippen LogP contribution in [0.25, 0.3) is 0 Å². The van der Waals surface area contributed by atoms with Crippen molar-refractivity contribution in [2.45, 2.75) is 44.6 Å². The van der Waals surface area contributed by atoms with E-state index in [4.69, 9.17) is 11.6 Å². The molecule has 1 aliphatic rings. The summed E-state index contributed by atoms with van der Waals surface area (Å²) in [6.45, 7) is 0. The second kappa shape index (κ2) is 6.49. The number of carbonyl (C=O) groups is 1. The van der Waals surface area contributed by atoms with Crippen LogP contribution in [0.3, 0.4) is 0 Å². The summed E-state index contributed by atoms with van der Waals surface area (Å²) in [5.41, 5.74) is 0.572. The average Bonchev–Trinajstić information content (AvgIpc) is 2.42. The monoisotopic (exact) mass is 284 g/mol. The van der Waals surface area contributed by atoms with Crippen LogP contribution in [-0.4, -0.2) is 17.0 Å². The van der Waals surface area contributed by atoms with E-state index in [9.17, 15) is 14.3 Å². The van der Waals surface area contributed by atoms with Gasteiger partial charge in [0.1, 0.15) is 11.9 Å². The lowest BCUT2D eigenvalue weighted by Gasteiger charge is -2.25. The van der Waals surface area contributed by atoms with E-state index in [1.165, 1.54) is 24.6 Å². The minimum Gasteiger partial charge on any atom is -0.385 e. The fourth-order valence-corrected chi connectivity index (χ4v) is 2.90. The molecule has 1 aromatic carbocycles. The number of hydrogen-bond acceptors (Lipinski definition) is 2. The van der Waals surface area contributed by atoms with Crippen LogP contribution in [0.2, 0.25) is 5.02 Å². The molecule has 1 N–H and O–H groups in total. The number of halogens is 2. The van der Waals surface area contributed by atoms with Gasteiger partial charge in [-0.2, -0.15) is 0 Å². The number of aliphatic hydroxyl groups excluding tert-OH is 1. The molecule has 1 fully saturated rings. The normalized spacial score (nSPS) is 18.3. The molecule has 0 amide bonds. The topological polar surface area (TPSA) is 37.3 Å². The highest BCUT2D eigenvalue weighted by molar-refractivity contribution is 6.31. The van der Waals surface area contributed by atoms with Crippen LogP contribution in [0, 0.1) is 11.7 Å². The van der Waals surface area contributed by atoms with Crippen LogP contribution in [0.4, 0.5) is 4.39 Å². The minimum absolute atomic E-state index is 0.0662.